The Balaban J connectivity index is 2.06. The number of hydrogen-bond acceptors (Lipinski definition) is 3. The lowest BCUT2D eigenvalue weighted by atomic mass is 10.2. The summed E-state index contributed by atoms with van der Waals surface area (Å²) in [5.74, 6) is -1.91. The molecule has 1 aliphatic heterocycles. The first kappa shape index (κ1) is 13.6. The molecule has 1 aromatic rings. The van der Waals surface area contributed by atoms with E-state index in [9.17, 15) is 13.6 Å². The summed E-state index contributed by atoms with van der Waals surface area (Å²) in [6, 6.07) is 2.12. The maximum absolute atomic E-state index is 13.3. The zero-order valence-electron chi connectivity index (χ0n) is 9.21. The molecule has 1 heterocycles. The SMILES string of the molecule is O=C(Nc1cc(F)c(I)c(F)c1)C1COCCO1. The van der Waals surface area contributed by atoms with Crippen LogP contribution in [-0.2, 0) is 14.3 Å². The van der Waals surface area contributed by atoms with Crippen molar-refractivity contribution in [1.29, 1.82) is 0 Å². The number of halogens is 3. The molecular formula is C11H10F2INO3. The highest BCUT2D eigenvalue weighted by Gasteiger charge is 2.23. The zero-order chi connectivity index (χ0) is 13.1. The van der Waals surface area contributed by atoms with Gasteiger partial charge in [-0.05, 0) is 34.7 Å². The third kappa shape index (κ3) is 3.15. The van der Waals surface area contributed by atoms with Gasteiger partial charge in [0.15, 0.2) is 6.10 Å². The molecule has 0 saturated carbocycles. The Morgan fingerprint density at radius 1 is 1.33 bits per heavy atom. The minimum absolute atomic E-state index is 0.0598. The molecule has 0 aliphatic carbocycles. The van der Waals surface area contributed by atoms with Gasteiger partial charge in [0.1, 0.15) is 11.6 Å². The van der Waals surface area contributed by atoms with Crippen LogP contribution in [0.1, 0.15) is 0 Å². The molecule has 1 saturated heterocycles. The molecule has 0 aromatic heterocycles. The maximum atomic E-state index is 13.3. The molecule has 0 bridgehead atoms. The molecule has 2 rings (SSSR count). The molecule has 4 nitrogen and oxygen atoms in total. The van der Waals surface area contributed by atoms with Crippen molar-refractivity contribution < 1.29 is 23.0 Å². The van der Waals surface area contributed by atoms with E-state index in [2.05, 4.69) is 5.32 Å². The molecule has 18 heavy (non-hydrogen) atoms. The van der Waals surface area contributed by atoms with Gasteiger partial charge in [-0.1, -0.05) is 0 Å². The van der Waals surface area contributed by atoms with Gasteiger partial charge in [-0.3, -0.25) is 4.79 Å². The molecule has 1 unspecified atom stereocenters. The van der Waals surface area contributed by atoms with Crippen molar-refractivity contribution in [2.24, 2.45) is 0 Å². The summed E-state index contributed by atoms with van der Waals surface area (Å²) in [6.45, 7) is 0.908. The lowest BCUT2D eigenvalue weighted by Gasteiger charge is -2.22. The fourth-order valence-electron chi connectivity index (χ4n) is 1.49. The van der Waals surface area contributed by atoms with E-state index in [-0.39, 0.29) is 15.9 Å². The number of amides is 1. The van der Waals surface area contributed by atoms with E-state index < -0.39 is 23.6 Å². The molecule has 1 fully saturated rings. The largest absolute Gasteiger partial charge is 0.376 e. The van der Waals surface area contributed by atoms with Crippen LogP contribution >= 0.6 is 22.6 Å². The predicted molar refractivity (Wildman–Crippen MR) is 68.3 cm³/mol. The highest BCUT2D eigenvalue weighted by Crippen LogP contribution is 2.20. The normalized spacial score (nSPS) is 19.6. The average molecular weight is 369 g/mol. The average Bonchev–Trinajstić information content (AvgIpc) is 2.37. The van der Waals surface area contributed by atoms with Crippen LogP contribution < -0.4 is 5.32 Å². The van der Waals surface area contributed by atoms with Gasteiger partial charge in [-0.15, -0.1) is 0 Å². The van der Waals surface area contributed by atoms with E-state index in [1.807, 2.05) is 0 Å². The molecule has 0 spiro atoms. The monoisotopic (exact) mass is 369 g/mol. The summed E-state index contributed by atoms with van der Waals surface area (Å²) >= 11 is 1.56. The van der Waals surface area contributed by atoms with Gasteiger partial charge in [-0.2, -0.15) is 0 Å². The molecule has 1 N–H and O–H groups in total. The molecule has 98 valence electrons. The van der Waals surface area contributed by atoms with Crippen molar-refractivity contribution >= 4 is 34.2 Å². The van der Waals surface area contributed by atoms with Crippen molar-refractivity contribution in [2.75, 3.05) is 25.1 Å². The number of carbonyl (C=O) groups is 1. The zero-order valence-corrected chi connectivity index (χ0v) is 11.4. The Kier molecular flexibility index (Phi) is 4.46. The Morgan fingerprint density at radius 2 is 2.00 bits per heavy atom. The second-order valence-corrected chi connectivity index (χ2v) is 4.76. The van der Waals surface area contributed by atoms with E-state index >= 15 is 0 Å². The lowest BCUT2D eigenvalue weighted by molar-refractivity contribution is -0.142. The van der Waals surface area contributed by atoms with Gasteiger partial charge >= 0.3 is 0 Å². The first-order valence-electron chi connectivity index (χ1n) is 5.22. The first-order chi connectivity index (χ1) is 8.58. The van der Waals surface area contributed by atoms with Crippen LogP contribution in [0.4, 0.5) is 14.5 Å². The molecule has 7 heteroatoms. The third-order valence-corrected chi connectivity index (χ3v) is 3.39. The van der Waals surface area contributed by atoms with Crippen LogP contribution in [0.15, 0.2) is 12.1 Å². The Bertz CT molecular complexity index is 441. The number of carbonyl (C=O) groups excluding carboxylic acids is 1. The summed E-state index contributed by atoms with van der Waals surface area (Å²) in [6.07, 6.45) is -0.746. The van der Waals surface area contributed by atoms with Gasteiger partial charge in [0.25, 0.3) is 5.91 Å². The van der Waals surface area contributed by atoms with Crippen LogP contribution in [0.25, 0.3) is 0 Å². The van der Waals surface area contributed by atoms with Gasteiger partial charge in [-0.25, -0.2) is 8.78 Å². The number of ether oxygens (including phenoxy) is 2. The molecule has 1 aromatic carbocycles. The van der Waals surface area contributed by atoms with Crippen LogP contribution in [0.3, 0.4) is 0 Å². The lowest BCUT2D eigenvalue weighted by Crippen LogP contribution is -2.39. The van der Waals surface area contributed by atoms with Crippen molar-refractivity contribution in [3.05, 3.63) is 27.3 Å². The molecular weight excluding hydrogens is 359 g/mol. The van der Waals surface area contributed by atoms with Crippen molar-refractivity contribution in [3.63, 3.8) is 0 Å². The smallest absolute Gasteiger partial charge is 0.255 e. The number of benzene rings is 1. The van der Waals surface area contributed by atoms with Crippen LogP contribution in [0.5, 0.6) is 0 Å². The van der Waals surface area contributed by atoms with E-state index in [1.165, 1.54) is 0 Å². The van der Waals surface area contributed by atoms with Gasteiger partial charge in [0, 0.05) is 5.69 Å². The van der Waals surface area contributed by atoms with Crippen molar-refractivity contribution in [3.8, 4) is 0 Å². The number of rotatable bonds is 2. The van der Waals surface area contributed by atoms with Gasteiger partial charge < -0.3 is 14.8 Å². The standard InChI is InChI=1S/C11H10F2INO3/c12-7-3-6(4-8(13)10(7)14)15-11(16)9-5-17-1-2-18-9/h3-4,9H,1-2,5H2,(H,15,16). The Hall–Kier alpha value is -0.800. The van der Waals surface area contributed by atoms with E-state index in [4.69, 9.17) is 9.47 Å². The summed E-state index contributed by atoms with van der Waals surface area (Å²) in [5, 5.41) is 2.39. The Labute approximate surface area is 116 Å². The molecule has 1 aliphatic rings. The Morgan fingerprint density at radius 3 is 2.56 bits per heavy atom. The minimum atomic E-state index is -0.746. The second-order valence-electron chi connectivity index (χ2n) is 3.68. The quantitative estimate of drug-likeness (QED) is 0.640. The summed E-state index contributed by atoms with van der Waals surface area (Å²) in [5.41, 5.74) is 0.0598. The van der Waals surface area contributed by atoms with Crippen LogP contribution in [0, 0.1) is 15.2 Å². The summed E-state index contributed by atoms with van der Waals surface area (Å²) in [7, 11) is 0. The molecule has 1 atom stereocenters. The van der Waals surface area contributed by atoms with Crippen LogP contribution in [0.2, 0.25) is 0 Å². The number of anilines is 1. The van der Waals surface area contributed by atoms with E-state index in [1.54, 1.807) is 22.6 Å². The minimum Gasteiger partial charge on any atom is -0.376 e. The number of nitrogens with one attached hydrogen (secondary N) is 1. The predicted octanol–water partition coefficient (Wildman–Crippen LogP) is 1.92. The highest BCUT2D eigenvalue weighted by atomic mass is 127. The summed E-state index contributed by atoms with van der Waals surface area (Å²) in [4.78, 5) is 11.7. The van der Waals surface area contributed by atoms with Gasteiger partial charge in [0.2, 0.25) is 0 Å². The van der Waals surface area contributed by atoms with Crippen LogP contribution in [-0.4, -0.2) is 31.8 Å². The number of hydrogen-bond donors (Lipinski definition) is 1. The fraction of sp³-hybridized carbons (Fsp3) is 0.364. The van der Waals surface area contributed by atoms with Gasteiger partial charge in [0.05, 0.1) is 23.4 Å². The first-order valence-corrected chi connectivity index (χ1v) is 6.30. The maximum Gasteiger partial charge on any atom is 0.255 e. The van der Waals surface area contributed by atoms with Crippen molar-refractivity contribution in [1.82, 2.24) is 0 Å². The molecule has 1 amide bonds. The topological polar surface area (TPSA) is 47.6 Å². The summed E-state index contributed by atoms with van der Waals surface area (Å²) < 4.78 is 36.7. The second kappa shape index (κ2) is 5.89. The van der Waals surface area contributed by atoms with E-state index in [0.717, 1.165) is 12.1 Å². The van der Waals surface area contributed by atoms with E-state index in [0.29, 0.717) is 13.2 Å². The molecule has 0 radical (unpaired) electrons. The third-order valence-electron chi connectivity index (χ3n) is 2.36. The van der Waals surface area contributed by atoms with Crippen molar-refractivity contribution in [2.45, 2.75) is 6.10 Å². The highest BCUT2D eigenvalue weighted by molar-refractivity contribution is 14.1. The fourth-order valence-corrected chi connectivity index (χ4v) is 1.80.